The molecule has 0 atom stereocenters. The number of hydrogen-bond acceptors (Lipinski definition) is 3. The SMILES string of the molecule is Cc1[nH]c2ccccc2c1-c1nccnc1CN. The fourth-order valence-corrected chi connectivity index (χ4v) is 2.31. The fraction of sp³-hybridized carbons (Fsp3) is 0.143. The number of rotatable bonds is 2. The van der Waals surface area contributed by atoms with Gasteiger partial charge in [-0.25, -0.2) is 0 Å². The van der Waals surface area contributed by atoms with Gasteiger partial charge in [0, 0.05) is 41.1 Å². The summed E-state index contributed by atoms with van der Waals surface area (Å²) in [5.74, 6) is 0. The summed E-state index contributed by atoms with van der Waals surface area (Å²) in [6.07, 6.45) is 3.38. The Labute approximate surface area is 105 Å². The minimum Gasteiger partial charge on any atom is -0.358 e. The molecule has 4 heteroatoms. The van der Waals surface area contributed by atoms with Crippen molar-refractivity contribution in [3.8, 4) is 11.3 Å². The van der Waals surface area contributed by atoms with Gasteiger partial charge in [-0.05, 0) is 13.0 Å². The van der Waals surface area contributed by atoms with E-state index in [4.69, 9.17) is 5.73 Å². The third-order valence-electron chi connectivity index (χ3n) is 3.10. The minimum atomic E-state index is 0.391. The Hall–Kier alpha value is -2.20. The van der Waals surface area contributed by atoms with E-state index in [1.807, 2.05) is 19.1 Å². The Morgan fingerprint density at radius 1 is 1.17 bits per heavy atom. The molecule has 0 aliphatic rings. The van der Waals surface area contributed by atoms with Crippen LogP contribution in [0.5, 0.6) is 0 Å². The molecule has 2 aromatic heterocycles. The van der Waals surface area contributed by atoms with Gasteiger partial charge in [-0.3, -0.25) is 9.97 Å². The van der Waals surface area contributed by atoms with Crippen LogP contribution in [-0.4, -0.2) is 15.0 Å². The van der Waals surface area contributed by atoms with Gasteiger partial charge in [-0.1, -0.05) is 18.2 Å². The molecule has 0 unspecified atom stereocenters. The van der Waals surface area contributed by atoms with Crippen molar-refractivity contribution in [1.82, 2.24) is 15.0 Å². The number of para-hydroxylation sites is 1. The monoisotopic (exact) mass is 238 g/mol. The van der Waals surface area contributed by atoms with Gasteiger partial charge in [0.2, 0.25) is 0 Å². The summed E-state index contributed by atoms with van der Waals surface area (Å²) in [5.41, 5.74) is 10.7. The highest BCUT2D eigenvalue weighted by molar-refractivity contribution is 5.96. The third-order valence-corrected chi connectivity index (χ3v) is 3.10. The van der Waals surface area contributed by atoms with Crippen LogP contribution < -0.4 is 5.73 Å². The Morgan fingerprint density at radius 3 is 2.78 bits per heavy atom. The number of benzene rings is 1. The van der Waals surface area contributed by atoms with E-state index in [2.05, 4.69) is 27.1 Å². The molecule has 0 bridgehead atoms. The fourth-order valence-electron chi connectivity index (χ4n) is 2.31. The topological polar surface area (TPSA) is 67.6 Å². The lowest BCUT2D eigenvalue weighted by Gasteiger charge is -2.05. The zero-order chi connectivity index (χ0) is 12.5. The zero-order valence-electron chi connectivity index (χ0n) is 10.1. The second-order valence-corrected chi connectivity index (χ2v) is 4.23. The summed E-state index contributed by atoms with van der Waals surface area (Å²) in [6.45, 7) is 2.44. The number of nitrogens with two attached hydrogens (primary N) is 1. The minimum absolute atomic E-state index is 0.391. The Kier molecular flexibility index (Phi) is 2.57. The lowest BCUT2D eigenvalue weighted by atomic mass is 10.1. The lowest BCUT2D eigenvalue weighted by Crippen LogP contribution is -2.03. The molecule has 4 nitrogen and oxygen atoms in total. The van der Waals surface area contributed by atoms with Crippen molar-refractivity contribution in [2.24, 2.45) is 5.73 Å². The zero-order valence-corrected chi connectivity index (χ0v) is 10.1. The first-order chi connectivity index (χ1) is 8.81. The number of fused-ring (bicyclic) bond motifs is 1. The maximum Gasteiger partial charge on any atom is 0.0954 e. The van der Waals surface area contributed by atoms with Gasteiger partial charge in [0.25, 0.3) is 0 Å². The van der Waals surface area contributed by atoms with Gasteiger partial charge in [0.1, 0.15) is 0 Å². The second-order valence-electron chi connectivity index (χ2n) is 4.23. The van der Waals surface area contributed by atoms with Gasteiger partial charge >= 0.3 is 0 Å². The number of aromatic amines is 1. The maximum atomic E-state index is 5.74. The lowest BCUT2D eigenvalue weighted by molar-refractivity contribution is 0.968. The average molecular weight is 238 g/mol. The molecule has 3 aromatic rings. The molecule has 90 valence electrons. The first kappa shape index (κ1) is 10.9. The van der Waals surface area contributed by atoms with Gasteiger partial charge in [0.05, 0.1) is 11.4 Å². The highest BCUT2D eigenvalue weighted by Gasteiger charge is 2.14. The normalized spacial score (nSPS) is 11.0. The predicted octanol–water partition coefficient (Wildman–Crippen LogP) is 2.39. The van der Waals surface area contributed by atoms with E-state index in [9.17, 15) is 0 Å². The molecular formula is C14H14N4. The molecule has 3 rings (SSSR count). The number of H-pyrrole nitrogens is 1. The van der Waals surface area contributed by atoms with Crippen LogP contribution in [0.4, 0.5) is 0 Å². The number of nitrogens with zero attached hydrogens (tertiary/aromatic N) is 2. The highest BCUT2D eigenvalue weighted by Crippen LogP contribution is 2.31. The van der Waals surface area contributed by atoms with E-state index in [1.165, 1.54) is 0 Å². The van der Waals surface area contributed by atoms with Gasteiger partial charge in [-0.2, -0.15) is 0 Å². The summed E-state index contributed by atoms with van der Waals surface area (Å²) in [5, 5.41) is 1.16. The van der Waals surface area contributed by atoms with Crippen LogP contribution in [0, 0.1) is 6.92 Å². The Morgan fingerprint density at radius 2 is 1.94 bits per heavy atom. The summed E-state index contributed by atoms with van der Waals surface area (Å²) in [4.78, 5) is 12.1. The average Bonchev–Trinajstić information content (AvgIpc) is 2.74. The molecule has 3 N–H and O–H groups in total. The smallest absolute Gasteiger partial charge is 0.0954 e. The standard InChI is InChI=1S/C14H14N4/c1-9-13(10-4-2-3-5-11(10)18-9)14-12(8-15)16-6-7-17-14/h2-7,18H,8,15H2,1H3. The number of aryl methyl sites for hydroxylation is 1. The van der Waals surface area contributed by atoms with E-state index in [-0.39, 0.29) is 0 Å². The van der Waals surface area contributed by atoms with Crippen LogP contribution in [0.1, 0.15) is 11.4 Å². The largest absolute Gasteiger partial charge is 0.358 e. The van der Waals surface area contributed by atoms with Crippen molar-refractivity contribution in [2.75, 3.05) is 0 Å². The van der Waals surface area contributed by atoms with E-state index < -0.39 is 0 Å². The summed E-state index contributed by atoms with van der Waals surface area (Å²) >= 11 is 0. The van der Waals surface area contributed by atoms with Crippen LogP contribution in [-0.2, 0) is 6.54 Å². The molecule has 0 aliphatic heterocycles. The van der Waals surface area contributed by atoms with Crippen LogP contribution in [0.25, 0.3) is 22.2 Å². The number of nitrogens with one attached hydrogen (secondary N) is 1. The quantitative estimate of drug-likeness (QED) is 0.720. The van der Waals surface area contributed by atoms with E-state index in [1.54, 1.807) is 12.4 Å². The number of aromatic nitrogens is 3. The van der Waals surface area contributed by atoms with E-state index in [0.717, 1.165) is 33.5 Å². The molecular weight excluding hydrogens is 224 g/mol. The molecule has 0 fully saturated rings. The third kappa shape index (κ3) is 1.58. The van der Waals surface area contributed by atoms with Crippen LogP contribution in [0.3, 0.4) is 0 Å². The molecule has 0 aliphatic carbocycles. The molecule has 2 heterocycles. The molecule has 0 spiro atoms. The molecule has 18 heavy (non-hydrogen) atoms. The summed E-state index contributed by atoms with van der Waals surface area (Å²) in [6, 6.07) is 8.19. The van der Waals surface area contributed by atoms with Crippen molar-refractivity contribution in [3.63, 3.8) is 0 Å². The van der Waals surface area contributed by atoms with Crippen molar-refractivity contribution in [1.29, 1.82) is 0 Å². The van der Waals surface area contributed by atoms with Crippen LogP contribution >= 0.6 is 0 Å². The summed E-state index contributed by atoms with van der Waals surface area (Å²) < 4.78 is 0. The van der Waals surface area contributed by atoms with Gasteiger partial charge < -0.3 is 10.7 Å². The molecule has 1 aromatic carbocycles. The molecule has 0 saturated heterocycles. The van der Waals surface area contributed by atoms with Crippen molar-refractivity contribution >= 4 is 10.9 Å². The van der Waals surface area contributed by atoms with Crippen LogP contribution in [0.15, 0.2) is 36.7 Å². The van der Waals surface area contributed by atoms with E-state index >= 15 is 0 Å². The first-order valence-corrected chi connectivity index (χ1v) is 5.89. The molecule has 0 radical (unpaired) electrons. The predicted molar refractivity (Wildman–Crippen MR) is 72.0 cm³/mol. The molecule has 0 amide bonds. The van der Waals surface area contributed by atoms with Gasteiger partial charge in [0.15, 0.2) is 0 Å². The first-order valence-electron chi connectivity index (χ1n) is 5.89. The van der Waals surface area contributed by atoms with Crippen molar-refractivity contribution in [2.45, 2.75) is 13.5 Å². The second kappa shape index (κ2) is 4.23. The van der Waals surface area contributed by atoms with Gasteiger partial charge in [-0.15, -0.1) is 0 Å². The van der Waals surface area contributed by atoms with Crippen molar-refractivity contribution in [3.05, 3.63) is 48.0 Å². The van der Waals surface area contributed by atoms with E-state index in [0.29, 0.717) is 6.54 Å². The number of hydrogen-bond donors (Lipinski definition) is 2. The maximum absolute atomic E-state index is 5.74. The Balaban J connectivity index is 2.34. The van der Waals surface area contributed by atoms with Crippen LogP contribution in [0.2, 0.25) is 0 Å². The summed E-state index contributed by atoms with van der Waals surface area (Å²) in [7, 11) is 0. The molecule has 0 saturated carbocycles. The Bertz CT molecular complexity index is 700. The highest BCUT2D eigenvalue weighted by atomic mass is 14.8. The van der Waals surface area contributed by atoms with Crippen molar-refractivity contribution < 1.29 is 0 Å².